The molecule has 0 saturated carbocycles. The van der Waals surface area contributed by atoms with Gasteiger partial charge in [-0.3, -0.25) is 4.90 Å². The van der Waals surface area contributed by atoms with Gasteiger partial charge in [0.15, 0.2) is 0 Å². The minimum atomic E-state index is 0.0200. The van der Waals surface area contributed by atoms with Gasteiger partial charge >= 0.3 is 0 Å². The molecule has 0 aromatic carbocycles. The van der Waals surface area contributed by atoms with E-state index < -0.39 is 0 Å². The molecule has 20 heavy (non-hydrogen) atoms. The van der Waals surface area contributed by atoms with Gasteiger partial charge in [0.1, 0.15) is 12.3 Å². The maximum atomic E-state index is 5.74. The number of oxazole rings is 1. The van der Waals surface area contributed by atoms with Gasteiger partial charge in [-0.2, -0.15) is 0 Å². The van der Waals surface area contributed by atoms with Gasteiger partial charge in [0.2, 0.25) is 5.89 Å². The summed E-state index contributed by atoms with van der Waals surface area (Å²) >= 11 is 0. The lowest BCUT2D eigenvalue weighted by atomic mass is 9.93. The number of ether oxygens (including phenoxy) is 1. The lowest BCUT2D eigenvalue weighted by molar-refractivity contribution is -0.0310. The zero-order valence-corrected chi connectivity index (χ0v) is 13.7. The summed E-state index contributed by atoms with van der Waals surface area (Å²) in [5.74, 6) is 0.791. The van der Waals surface area contributed by atoms with Crippen molar-refractivity contribution in [2.24, 2.45) is 5.41 Å². The van der Waals surface area contributed by atoms with Crippen molar-refractivity contribution < 1.29 is 9.15 Å². The minimum Gasteiger partial charge on any atom is -0.447 e. The lowest BCUT2D eigenvalue weighted by Gasteiger charge is -2.37. The van der Waals surface area contributed by atoms with Crippen molar-refractivity contribution in [2.75, 3.05) is 26.3 Å². The van der Waals surface area contributed by atoms with E-state index in [2.05, 4.69) is 46.4 Å². The van der Waals surface area contributed by atoms with E-state index in [1.54, 1.807) is 6.26 Å². The van der Waals surface area contributed by atoms with Crippen LogP contribution in [-0.2, 0) is 10.2 Å². The Labute approximate surface area is 122 Å². The Morgan fingerprint density at radius 1 is 1.25 bits per heavy atom. The average Bonchev–Trinajstić information content (AvgIpc) is 2.76. The SMILES string of the molecule is CC(C)(C)CN1CCOCC1c1nc(C(C)(C)C)co1. The summed E-state index contributed by atoms with van der Waals surface area (Å²) in [6.45, 7) is 16.7. The Balaban J connectivity index is 2.17. The van der Waals surface area contributed by atoms with Crippen LogP contribution in [0.1, 0.15) is 59.2 Å². The summed E-state index contributed by atoms with van der Waals surface area (Å²) in [6, 6.07) is 0.138. The molecule has 1 aliphatic rings. The van der Waals surface area contributed by atoms with E-state index in [1.807, 2.05) is 0 Å². The van der Waals surface area contributed by atoms with Crippen molar-refractivity contribution >= 4 is 0 Å². The molecule has 0 radical (unpaired) electrons. The van der Waals surface area contributed by atoms with Gasteiger partial charge in [0, 0.05) is 18.5 Å². The van der Waals surface area contributed by atoms with Crippen LogP contribution in [0, 0.1) is 5.41 Å². The highest BCUT2D eigenvalue weighted by Crippen LogP contribution is 2.30. The molecule has 4 nitrogen and oxygen atoms in total. The zero-order chi connectivity index (χ0) is 15.0. The number of aromatic nitrogens is 1. The van der Waals surface area contributed by atoms with Crippen LogP contribution in [0.25, 0.3) is 0 Å². The zero-order valence-electron chi connectivity index (χ0n) is 13.7. The van der Waals surface area contributed by atoms with E-state index in [4.69, 9.17) is 14.1 Å². The van der Waals surface area contributed by atoms with Crippen LogP contribution >= 0.6 is 0 Å². The normalized spacial score (nSPS) is 22.2. The Morgan fingerprint density at radius 3 is 2.50 bits per heavy atom. The largest absolute Gasteiger partial charge is 0.447 e. The van der Waals surface area contributed by atoms with Crippen LogP contribution in [0.3, 0.4) is 0 Å². The minimum absolute atomic E-state index is 0.0200. The van der Waals surface area contributed by atoms with Crippen molar-refractivity contribution in [3.05, 3.63) is 17.8 Å². The van der Waals surface area contributed by atoms with Gasteiger partial charge in [0.25, 0.3) is 0 Å². The maximum Gasteiger partial charge on any atom is 0.213 e. The van der Waals surface area contributed by atoms with Gasteiger partial charge in [-0.1, -0.05) is 41.5 Å². The second kappa shape index (κ2) is 5.49. The quantitative estimate of drug-likeness (QED) is 0.832. The predicted molar refractivity (Wildman–Crippen MR) is 79.8 cm³/mol. The number of hydrogen-bond acceptors (Lipinski definition) is 4. The first kappa shape index (κ1) is 15.5. The third-order valence-corrected chi connectivity index (χ3v) is 3.49. The van der Waals surface area contributed by atoms with E-state index in [0.717, 1.165) is 31.3 Å². The van der Waals surface area contributed by atoms with Gasteiger partial charge < -0.3 is 9.15 Å². The van der Waals surface area contributed by atoms with Crippen LogP contribution in [0.4, 0.5) is 0 Å². The Morgan fingerprint density at radius 2 is 1.95 bits per heavy atom. The fraction of sp³-hybridized carbons (Fsp3) is 0.812. The summed E-state index contributed by atoms with van der Waals surface area (Å²) in [5.41, 5.74) is 1.29. The van der Waals surface area contributed by atoms with Gasteiger partial charge in [-0.15, -0.1) is 0 Å². The molecule has 2 heterocycles. The highest BCUT2D eigenvalue weighted by Gasteiger charge is 2.32. The standard InChI is InChI=1S/C16H28N2O2/c1-15(2,3)11-18-7-8-19-9-12(18)14-17-13(10-20-14)16(4,5)6/h10,12H,7-9,11H2,1-6H3. The van der Waals surface area contributed by atoms with E-state index >= 15 is 0 Å². The van der Waals surface area contributed by atoms with Crippen LogP contribution < -0.4 is 0 Å². The fourth-order valence-electron chi connectivity index (χ4n) is 2.45. The molecule has 0 amide bonds. The van der Waals surface area contributed by atoms with Gasteiger partial charge in [0.05, 0.1) is 18.9 Å². The van der Waals surface area contributed by atoms with Gasteiger partial charge in [-0.25, -0.2) is 4.98 Å². The van der Waals surface area contributed by atoms with Crippen LogP contribution in [0.2, 0.25) is 0 Å². The molecule has 1 atom stereocenters. The Kier molecular flexibility index (Phi) is 4.26. The van der Waals surface area contributed by atoms with Crippen molar-refractivity contribution in [1.29, 1.82) is 0 Å². The molecule has 0 bridgehead atoms. The molecule has 114 valence electrons. The molecular formula is C16H28N2O2. The molecule has 1 aromatic heterocycles. The predicted octanol–water partition coefficient (Wildman–Crippen LogP) is 3.39. The van der Waals surface area contributed by atoms with Crippen LogP contribution in [-0.4, -0.2) is 36.2 Å². The van der Waals surface area contributed by atoms with Crippen molar-refractivity contribution in [1.82, 2.24) is 9.88 Å². The highest BCUT2D eigenvalue weighted by atomic mass is 16.5. The third-order valence-electron chi connectivity index (χ3n) is 3.49. The molecule has 0 N–H and O–H groups in total. The molecule has 0 aliphatic carbocycles. The van der Waals surface area contributed by atoms with E-state index in [0.29, 0.717) is 6.61 Å². The number of hydrogen-bond donors (Lipinski definition) is 0. The van der Waals surface area contributed by atoms with Crippen LogP contribution in [0.5, 0.6) is 0 Å². The molecular weight excluding hydrogens is 252 g/mol. The third kappa shape index (κ3) is 3.83. The molecule has 1 aromatic rings. The molecule has 1 saturated heterocycles. The van der Waals surface area contributed by atoms with Gasteiger partial charge in [-0.05, 0) is 5.41 Å². The second-order valence-electron chi connectivity index (χ2n) is 7.94. The molecule has 1 fully saturated rings. The van der Waals surface area contributed by atoms with Crippen molar-refractivity contribution in [3.8, 4) is 0 Å². The smallest absolute Gasteiger partial charge is 0.213 e. The number of rotatable bonds is 2. The summed E-state index contributed by atoms with van der Waals surface area (Å²) < 4.78 is 11.4. The number of morpholine rings is 1. The first-order valence-electron chi connectivity index (χ1n) is 7.44. The van der Waals surface area contributed by atoms with Crippen molar-refractivity contribution in [2.45, 2.75) is 53.0 Å². The summed E-state index contributed by atoms with van der Waals surface area (Å²) in [5, 5.41) is 0. The molecule has 0 spiro atoms. The first-order chi connectivity index (χ1) is 9.17. The lowest BCUT2D eigenvalue weighted by Crippen LogP contribution is -2.43. The van der Waals surface area contributed by atoms with Crippen LogP contribution in [0.15, 0.2) is 10.7 Å². The van der Waals surface area contributed by atoms with E-state index in [1.165, 1.54) is 0 Å². The molecule has 2 rings (SSSR count). The van der Waals surface area contributed by atoms with Crippen molar-refractivity contribution in [3.63, 3.8) is 0 Å². The van der Waals surface area contributed by atoms with E-state index in [9.17, 15) is 0 Å². The fourth-order valence-corrected chi connectivity index (χ4v) is 2.45. The number of nitrogens with zero attached hydrogens (tertiary/aromatic N) is 2. The second-order valence-corrected chi connectivity index (χ2v) is 7.94. The molecule has 1 unspecified atom stereocenters. The molecule has 4 heteroatoms. The monoisotopic (exact) mass is 280 g/mol. The van der Waals surface area contributed by atoms with E-state index in [-0.39, 0.29) is 16.9 Å². The Bertz CT molecular complexity index is 440. The first-order valence-corrected chi connectivity index (χ1v) is 7.44. The Hall–Kier alpha value is -0.870. The maximum absolute atomic E-state index is 5.74. The summed E-state index contributed by atoms with van der Waals surface area (Å²) in [7, 11) is 0. The topological polar surface area (TPSA) is 38.5 Å². The summed E-state index contributed by atoms with van der Waals surface area (Å²) in [6.07, 6.45) is 1.79. The summed E-state index contributed by atoms with van der Waals surface area (Å²) in [4.78, 5) is 7.13. The average molecular weight is 280 g/mol. The molecule has 1 aliphatic heterocycles. The highest BCUT2D eigenvalue weighted by molar-refractivity contribution is 5.10.